The number of carboxylic acid groups (broad SMARTS) is 1. The van der Waals surface area contributed by atoms with Crippen LogP contribution in [0.3, 0.4) is 0 Å². The van der Waals surface area contributed by atoms with Gasteiger partial charge >= 0.3 is 5.97 Å². The van der Waals surface area contributed by atoms with Crippen LogP contribution in [0.4, 0.5) is 0 Å². The molecule has 4 heteroatoms. The molecule has 0 aliphatic heterocycles. The van der Waals surface area contributed by atoms with Gasteiger partial charge in [0.25, 0.3) is 0 Å². The van der Waals surface area contributed by atoms with Crippen molar-refractivity contribution in [2.24, 2.45) is 0 Å². The van der Waals surface area contributed by atoms with Gasteiger partial charge in [-0.05, 0) is 46.2 Å². The van der Waals surface area contributed by atoms with E-state index in [9.17, 15) is 4.79 Å². The van der Waals surface area contributed by atoms with E-state index in [1.54, 1.807) is 11.3 Å². The lowest BCUT2D eigenvalue weighted by atomic mass is 10.0. The van der Waals surface area contributed by atoms with Gasteiger partial charge in [0.05, 0.1) is 0 Å². The van der Waals surface area contributed by atoms with Crippen LogP contribution < -0.4 is 4.74 Å². The standard InChI is InChI=1S/C26H22O3S/c27-26(28)15-14-20-10-4-5-12-23(20)25-16-21(18-30-25)22-11-6-7-13-24(22)29-17-19-8-2-1-3-9-19/h1-13,16,18H,14-15,17H2,(H,27,28). The Kier molecular flexibility index (Phi) is 6.26. The van der Waals surface area contributed by atoms with Crippen molar-refractivity contribution in [2.45, 2.75) is 19.4 Å². The van der Waals surface area contributed by atoms with Gasteiger partial charge in [-0.3, -0.25) is 4.79 Å². The molecule has 0 amide bonds. The first-order chi connectivity index (χ1) is 14.7. The normalized spacial score (nSPS) is 10.7. The van der Waals surface area contributed by atoms with E-state index in [4.69, 9.17) is 9.84 Å². The van der Waals surface area contributed by atoms with Gasteiger partial charge in [0, 0.05) is 16.9 Å². The van der Waals surface area contributed by atoms with Crippen molar-refractivity contribution < 1.29 is 14.6 Å². The van der Waals surface area contributed by atoms with Gasteiger partial charge in [0.2, 0.25) is 0 Å². The van der Waals surface area contributed by atoms with E-state index in [1.165, 1.54) is 0 Å². The highest BCUT2D eigenvalue weighted by Crippen LogP contribution is 2.38. The van der Waals surface area contributed by atoms with Gasteiger partial charge in [0.1, 0.15) is 12.4 Å². The smallest absolute Gasteiger partial charge is 0.303 e. The van der Waals surface area contributed by atoms with Gasteiger partial charge in [-0.2, -0.15) is 0 Å². The molecule has 1 heterocycles. The van der Waals surface area contributed by atoms with Crippen LogP contribution in [0.1, 0.15) is 17.5 Å². The minimum absolute atomic E-state index is 0.130. The second-order valence-electron chi connectivity index (χ2n) is 7.02. The van der Waals surface area contributed by atoms with Crippen molar-refractivity contribution in [1.29, 1.82) is 0 Å². The number of hydrogen-bond donors (Lipinski definition) is 1. The predicted molar refractivity (Wildman–Crippen MR) is 122 cm³/mol. The minimum Gasteiger partial charge on any atom is -0.488 e. The Morgan fingerprint density at radius 3 is 2.37 bits per heavy atom. The Labute approximate surface area is 180 Å². The summed E-state index contributed by atoms with van der Waals surface area (Å²) in [7, 11) is 0. The maximum absolute atomic E-state index is 11.0. The molecular formula is C26H22O3S. The van der Waals surface area contributed by atoms with E-state index in [1.807, 2.05) is 54.6 Å². The van der Waals surface area contributed by atoms with Crippen LogP contribution in [0.15, 0.2) is 90.3 Å². The van der Waals surface area contributed by atoms with Crippen molar-refractivity contribution in [3.63, 3.8) is 0 Å². The van der Waals surface area contributed by atoms with Gasteiger partial charge in [0.15, 0.2) is 0 Å². The van der Waals surface area contributed by atoms with Crippen LogP contribution in [-0.4, -0.2) is 11.1 Å². The fourth-order valence-corrected chi connectivity index (χ4v) is 4.38. The number of ether oxygens (including phenoxy) is 1. The summed E-state index contributed by atoms with van der Waals surface area (Å²) in [6.45, 7) is 0.521. The Hall–Kier alpha value is -3.37. The molecule has 3 aromatic carbocycles. The second kappa shape index (κ2) is 9.42. The highest BCUT2D eigenvalue weighted by atomic mass is 32.1. The Morgan fingerprint density at radius 2 is 1.57 bits per heavy atom. The first kappa shape index (κ1) is 19.9. The molecule has 0 aliphatic rings. The molecule has 4 aromatic rings. The van der Waals surface area contributed by atoms with Crippen molar-refractivity contribution in [3.05, 3.63) is 101 Å². The third kappa shape index (κ3) is 4.78. The van der Waals surface area contributed by atoms with Crippen LogP contribution in [0.25, 0.3) is 21.6 Å². The SMILES string of the molecule is O=C(O)CCc1ccccc1-c1cc(-c2ccccc2OCc2ccccc2)cs1. The number of aliphatic carboxylic acids is 1. The summed E-state index contributed by atoms with van der Waals surface area (Å²) < 4.78 is 6.12. The molecule has 0 atom stereocenters. The molecule has 0 saturated heterocycles. The third-order valence-corrected chi connectivity index (χ3v) is 5.89. The zero-order chi connectivity index (χ0) is 20.8. The first-order valence-electron chi connectivity index (χ1n) is 9.85. The number of carbonyl (C=O) groups is 1. The number of carboxylic acids is 1. The maximum Gasteiger partial charge on any atom is 0.303 e. The Morgan fingerprint density at radius 1 is 0.867 bits per heavy atom. The molecule has 30 heavy (non-hydrogen) atoms. The molecule has 150 valence electrons. The summed E-state index contributed by atoms with van der Waals surface area (Å²) in [6.07, 6.45) is 0.654. The summed E-state index contributed by atoms with van der Waals surface area (Å²) in [4.78, 5) is 12.1. The molecular weight excluding hydrogens is 392 g/mol. The van der Waals surface area contributed by atoms with Crippen molar-refractivity contribution in [1.82, 2.24) is 0 Å². The number of aryl methyl sites for hydroxylation is 1. The molecule has 0 saturated carbocycles. The van der Waals surface area contributed by atoms with Crippen LogP contribution >= 0.6 is 11.3 Å². The largest absolute Gasteiger partial charge is 0.488 e. The quantitative estimate of drug-likeness (QED) is 0.350. The Balaban J connectivity index is 1.59. The highest BCUT2D eigenvalue weighted by Gasteiger charge is 2.12. The molecule has 1 aromatic heterocycles. The Bertz CT molecular complexity index is 1130. The van der Waals surface area contributed by atoms with Crippen LogP contribution in [0.2, 0.25) is 0 Å². The molecule has 0 unspecified atom stereocenters. The van der Waals surface area contributed by atoms with E-state index in [0.717, 1.165) is 38.4 Å². The summed E-state index contributed by atoms with van der Waals surface area (Å²) >= 11 is 1.67. The van der Waals surface area contributed by atoms with Crippen LogP contribution in [0, 0.1) is 0 Å². The lowest BCUT2D eigenvalue weighted by molar-refractivity contribution is -0.136. The average molecular weight is 415 g/mol. The van der Waals surface area contributed by atoms with E-state index >= 15 is 0 Å². The fourth-order valence-electron chi connectivity index (χ4n) is 3.41. The minimum atomic E-state index is -0.777. The molecule has 0 radical (unpaired) electrons. The van der Waals surface area contributed by atoms with Crippen molar-refractivity contribution >= 4 is 17.3 Å². The molecule has 0 fully saturated rings. The zero-order valence-corrected chi connectivity index (χ0v) is 17.3. The number of hydrogen-bond acceptors (Lipinski definition) is 3. The summed E-state index contributed by atoms with van der Waals surface area (Å²) in [5.74, 6) is 0.0750. The molecule has 3 nitrogen and oxygen atoms in total. The zero-order valence-electron chi connectivity index (χ0n) is 16.5. The van der Waals surface area contributed by atoms with Gasteiger partial charge < -0.3 is 9.84 Å². The predicted octanol–water partition coefficient (Wildman–Crippen LogP) is 6.68. The van der Waals surface area contributed by atoms with Gasteiger partial charge in [-0.25, -0.2) is 0 Å². The summed E-state index contributed by atoms with van der Waals surface area (Å²) in [5, 5.41) is 11.2. The number of thiophene rings is 1. The first-order valence-corrected chi connectivity index (χ1v) is 10.7. The fraction of sp³-hybridized carbons (Fsp3) is 0.115. The number of benzene rings is 3. The molecule has 4 rings (SSSR count). The van der Waals surface area contributed by atoms with Gasteiger partial charge in [-0.15, -0.1) is 11.3 Å². The number of rotatable bonds is 8. The topological polar surface area (TPSA) is 46.5 Å². The van der Waals surface area contributed by atoms with E-state index < -0.39 is 5.97 Å². The van der Waals surface area contributed by atoms with E-state index in [0.29, 0.717) is 13.0 Å². The van der Waals surface area contributed by atoms with Crippen LogP contribution in [0.5, 0.6) is 5.75 Å². The second-order valence-corrected chi connectivity index (χ2v) is 7.93. The molecule has 0 bridgehead atoms. The van der Waals surface area contributed by atoms with Crippen molar-refractivity contribution in [3.8, 4) is 27.3 Å². The maximum atomic E-state index is 11.0. The monoisotopic (exact) mass is 414 g/mol. The molecule has 1 N–H and O–H groups in total. The highest BCUT2D eigenvalue weighted by molar-refractivity contribution is 7.14. The molecule has 0 spiro atoms. The average Bonchev–Trinajstić information content (AvgIpc) is 3.27. The lowest BCUT2D eigenvalue weighted by Crippen LogP contribution is -1.98. The van der Waals surface area contributed by atoms with Crippen molar-refractivity contribution in [2.75, 3.05) is 0 Å². The summed E-state index contributed by atoms with van der Waals surface area (Å²) in [5.41, 5.74) is 5.44. The summed E-state index contributed by atoms with van der Waals surface area (Å²) in [6, 6.07) is 28.4. The van der Waals surface area contributed by atoms with E-state index in [-0.39, 0.29) is 6.42 Å². The number of para-hydroxylation sites is 1. The van der Waals surface area contributed by atoms with Crippen LogP contribution in [-0.2, 0) is 17.8 Å². The molecule has 0 aliphatic carbocycles. The van der Waals surface area contributed by atoms with Gasteiger partial charge in [-0.1, -0.05) is 72.8 Å². The lowest BCUT2D eigenvalue weighted by Gasteiger charge is -2.11. The van der Waals surface area contributed by atoms with E-state index in [2.05, 4.69) is 35.7 Å². The third-order valence-electron chi connectivity index (χ3n) is 4.93.